The van der Waals surface area contributed by atoms with Gasteiger partial charge in [0.05, 0.1) is 19.8 Å². The molecule has 1 aliphatic heterocycles. The molecule has 0 atom stereocenters. The average Bonchev–Trinajstić information content (AvgIpc) is 3.03. The molecule has 2 heterocycles. The van der Waals surface area contributed by atoms with E-state index in [1.807, 2.05) is 0 Å². The second kappa shape index (κ2) is 7.23. The van der Waals surface area contributed by atoms with E-state index in [1.165, 1.54) is 21.3 Å². The smallest absolute Gasteiger partial charge is 0.289 e. The van der Waals surface area contributed by atoms with Gasteiger partial charge in [-0.05, 0) is 19.1 Å². The average molecular weight is 332 g/mol. The standard InChI is InChI=1S/C13H20N2O6S/c1-2-14(5-8-16)13(17)11-3-4-12(21-11)22(18,19)15-6-9-20-10-7-15/h3-4,16H,2,5-10H2,1H3. The zero-order valence-electron chi connectivity index (χ0n) is 12.4. The molecule has 0 saturated carbocycles. The van der Waals surface area contributed by atoms with Crippen molar-refractivity contribution in [2.24, 2.45) is 0 Å². The van der Waals surface area contributed by atoms with E-state index in [2.05, 4.69) is 0 Å². The maximum Gasteiger partial charge on any atom is 0.289 e. The fourth-order valence-corrected chi connectivity index (χ4v) is 3.49. The summed E-state index contributed by atoms with van der Waals surface area (Å²) < 4.78 is 36.4. The lowest BCUT2D eigenvalue weighted by Crippen LogP contribution is -2.40. The SMILES string of the molecule is CCN(CCO)C(=O)c1ccc(S(=O)(=O)N2CCOCC2)o1. The molecular weight excluding hydrogens is 312 g/mol. The minimum Gasteiger partial charge on any atom is -0.438 e. The zero-order valence-corrected chi connectivity index (χ0v) is 13.2. The predicted octanol–water partition coefficient (Wildman–Crippen LogP) is -0.245. The van der Waals surface area contributed by atoms with Crippen LogP contribution in [-0.4, -0.2) is 74.6 Å². The number of likely N-dealkylation sites (N-methyl/N-ethyl adjacent to an activating group) is 1. The molecule has 0 unspecified atom stereocenters. The minimum atomic E-state index is -3.75. The van der Waals surface area contributed by atoms with Crippen molar-refractivity contribution in [3.63, 3.8) is 0 Å². The molecule has 1 saturated heterocycles. The van der Waals surface area contributed by atoms with E-state index in [9.17, 15) is 13.2 Å². The predicted molar refractivity (Wildman–Crippen MR) is 76.9 cm³/mol. The molecular formula is C13H20N2O6S. The normalized spacial score (nSPS) is 16.6. The van der Waals surface area contributed by atoms with Gasteiger partial charge in [-0.1, -0.05) is 0 Å². The van der Waals surface area contributed by atoms with Gasteiger partial charge in [-0.2, -0.15) is 4.31 Å². The number of nitrogens with zero attached hydrogens (tertiary/aromatic N) is 2. The Morgan fingerprint density at radius 3 is 2.64 bits per heavy atom. The number of hydrogen-bond acceptors (Lipinski definition) is 6. The summed E-state index contributed by atoms with van der Waals surface area (Å²) in [6.45, 7) is 3.36. The number of aliphatic hydroxyl groups is 1. The number of rotatable bonds is 6. The van der Waals surface area contributed by atoms with Gasteiger partial charge in [-0.3, -0.25) is 4.79 Å². The number of carbonyl (C=O) groups is 1. The third kappa shape index (κ3) is 3.49. The molecule has 0 aliphatic carbocycles. The molecule has 1 aromatic rings. The van der Waals surface area contributed by atoms with Crippen LogP contribution in [0, 0.1) is 0 Å². The molecule has 124 valence electrons. The Labute approximate surface area is 129 Å². The first-order chi connectivity index (χ1) is 10.5. The van der Waals surface area contributed by atoms with Gasteiger partial charge in [0.1, 0.15) is 0 Å². The first-order valence-corrected chi connectivity index (χ1v) is 8.52. The molecule has 1 N–H and O–H groups in total. The number of hydrogen-bond donors (Lipinski definition) is 1. The van der Waals surface area contributed by atoms with Gasteiger partial charge in [0.25, 0.3) is 15.9 Å². The molecule has 2 rings (SSSR count). The van der Waals surface area contributed by atoms with E-state index in [0.29, 0.717) is 19.8 Å². The van der Waals surface area contributed by atoms with Gasteiger partial charge in [0.2, 0.25) is 5.09 Å². The molecule has 0 radical (unpaired) electrons. The Morgan fingerprint density at radius 1 is 1.36 bits per heavy atom. The van der Waals surface area contributed by atoms with E-state index in [-0.39, 0.29) is 37.1 Å². The molecule has 9 heteroatoms. The van der Waals surface area contributed by atoms with Crippen molar-refractivity contribution in [2.45, 2.75) is 12.0 Å². The van der Waals surface area contributed by atoms with Gasteiger partial charge < -0.3 is 19.2 Å². The monoisotopic (exact) mass is 332 g/mol. The van der Waals surface area contributed by atoms with Crippen molar-refractivity contribution >= 4 is 15.9 Å². The number of sulfonamides is 1. The second-order valence-electron chi connectivity index (χ2n) is 4.74. The molecule has 0 aromatic carbocycles. The highest BCUT2D eigenvalue weighted by atomic mass is 32.2. The van der Waals surface area contributed by atoms with Crippen molar-refractivity contribution in [2.75, 3.05) is 46.0 Å². The van der Waals surface area contributed by atoms with Crippen LogP contribution in [0.4, 0.5) is 0 Å². The first-order valence-electron chi connectivity index (χ1n) is 7.08. The number of amides is 1. The summed E-state index contributed by atoms with van der Waals surface area (Å²) in [6.07, 6.45) is 0. The Bertz CT molecular complexity index is 606. The fourth-order valence-electron chi connectivity index (χ4n) is 2.17. The van der Waals surface area contributed by atoms with E-state index in [1.54, 1.807) is 6.92 Å². The van der Waals surface area contributed by atoms with Crippen molar-refractivity contribution in [1.82, 2.24) is 9.21 Å². The highest BCUT2D eigenvalue weighted by molar-refractivity contribution is 7.89. The zero-order chi connectivity index (χ0) is 16.2. The fraction of sp³-hybridized carbons (Fsp3) is 0.615. The van der Waals surface area contributed by atoms with Crippen LogP contribution in [0.25, 0.3) is 0 Å². The molecule has 1 aliphatic rings. The van der Waals surface area contributed by atoms with Crippen LogP contribution >= 0.6 is 0 Å². The lowest BCUT2D eigenvalue weighted by atomic mass is 10.3. The molecule has 1 fully saturated rings. The van der Waals surface area contributed by atoms with Crippen LogP contribution in [-0.2, 0) is 14.8 Å². The lowest BCUT2D eigenvalue weighted by Gasteiger charge is -2.24. The van der Waals surface area contributed by atoms with Gasteiger partial charge in [-0.15, -0.1) is 0 Å². The quantitative estimate of drug-likeness (QED) is 0.771. The summed E-state index contributed by atoms with van der Waals surface area (Å²) in [7, 11) is -3.75. The van der Waals surface area contributed by atoms with Gasteiger partial charge >= 0.3 is 0 Å². The van der Waals surface area contributed by atoms with Crippen molar-refractivity contribution < 1.29 is 27.5 Å². The Hall–Kier alpha value is -1.42. The topological polar surface area (TPSA) is 100 Å². The summed E-state index contributed by atoms with van der Waals surface area (Å²) >= 11 is 0. The first kappa shape index (κ1) is 16.9. The summed E-state index contributed by atoms with van der Waals surface area (Å²) in [5, 5.41) is 8.68. The molecule has 0 spiro atoms. The van der Waals surface area contributed by atoms with E-state index >= 15 is 0 Å². The molecule has 0 bridgehead atoms. The van der Waals surface area contributed by atoms with Gasteiger partial charge in [-0.25, -0.2) is 8.42 Å². The van der Waals surface area contributed by atoms with E-state index in [4.69, 9.17) is 14.3 Å². The maximum absolute atomic E-state index is 12.4. The largest absolute Gasteiger partial charge is 0.438 e. The third-order valence-corrected chi connectivity index (χ3v) is 5.17. The third-order valence-electron chi connectivity index (χ3n) is 3.40. The molecule has 8 nitrogen and oxygen atoms in total. The molecule has 1 aromatic heterocycles. The van der Waals surface area contributed by atoms with Crippen LogP contribution in [0.5, 0.6) is 0 Å². The second-order valence-corrected chi connectivity index (χ2v) is 6.61. The van der Waals surface area contributed by atoms with Gasteiger partial charge in [0, 0.05) is 26.2 Å². The van der Waals surface area contributed by atoms with Crippen LogP contribution in [0.2, 0.25) is 0 Å². The number of aliphatic hydroxyl groups excluding tert-OH is 1. The highest BCUT2D eigenvalue weighted by Crippen LogP contribution is 2.20. The van der Waals surface area contributed by atoms with Crippen molar-refractivity contribution in [1.29, 1.82) is 0 Å². The molecule has 1 amide bonds. The van der Waals surface area contributed by atoms with Crippen LogP contribution in [0.15, 0.2) is 21.6 Å². The summed E-state index contributed by atoms with van der Waals surface area (Å²) in [6, 6.07) is 2.63. The van der Waals surface area contributed by atoms with E-state index < -0.39 is 15.9 Å². The Kier molecular flexibility index (Phi) is 5.57. The number of furan rings is 1. The van der Waals surface area contributed by atoms with Crippen molar-refractivity contribution in [3.05, 3.63) is 17.9 Å². The van der Waals surface area contributed by atoms with Crippen molar-refractivity contribution in [3.8, 4) is 0 Å². The number of carbonyl (C=O) groups excluding carboxylic acids is 1. The number of morpholine rings is 1. The van der Waals surface area contributed by atoms with Crippen LogP contribution in [0.1, 0.15) is 17.5 Å². The lowest BCUT2D eigenvalue weighted by molar-refractivity contribution is 0.0685. The van der Waals surface area contributed by atoms with Crippen LogP contribution in [0.3, 0.4) is 0 Å². The van der Waals surface area contributed by atoms with Gasteiger partial charge in [0.15, 0.2) is 5.76 Å². The Balaban J connectivity index is 2.18. The summed E-state index contributed by atoms with van der Waals surface area (Å²) in [5.41, 5.74) is 0. The van der Waals surface area contributed by atoms with E-state index in [0.717, 1.165) is 0 Å². The Morgan fingerprint density at radius 2 is 2.05 bits per heavy atom. The highest BCUT2D eigenvalue weighted by Gasteiger charge is 2.30. The minimum absolute atomic E-state index is 0.0536. The summed E-state index contributed by atoms with van der Waals surface area (Å²) in [4.78, 5) is 13.6. The van der Waals surface area contributed by atoms with Crippen LogP contribution < -0.4 is 0 Å². The number of ether oxygens (including phenoxy) is 1. The molecule has 22 heavy (non-hydrogen) atoms. The maximum atomic E-state index is 12.4. The summed E-state index contributed by atoms with van der Waals surface area (Å²) in [5.74, 6) is -0.498.